The van der Waals surface area contributed by atoms with Crippen LogP contribution in [0.15, 0.2) is 97.2 Å². The Kier molecular flexibility index (Phi) is 50.0. The van der Waals surface area contributed by atoms with Gasteiger partial charge in [-0.05, 0) is 89.9 Å². The molecule has 1 atom stereocenters. The second-order valence-electron chi connectivity index (χ2n) is 17.4. The molecule has 0 aliphatic carbocycles. The van der Waals surface area contributed by atoms with Crippen molar-refractivity contribution in [3.05, 3.63) is 97.2 Å². The summed E-state index contributed by atoms with van der Waals surface area (Å²) in [5.74, 6) is -0.971. The van der Waals surface area contributed by atoms with Crippen LogP contribution < -0.4 is 0 Å². The van der Waals surface area contributed by atoms with Gasteiger partial charge in [0, 0.05) is 19.3 Å². The van der Waals surface area contributed by atoms with Crippen molar-refractivity contribution in [1.82, 2.24) is 0 Å². The molecule has 0 rings (SSSR count). The number of ether oxygens (including phenoxy) is 3. The maximum Gasteiger partial charge on any atom is 0.306 e. The second-order valence-corrected chi connectivity index (χ2v) is 17.4. The minimum absolute atomic E-state index is 0.0992. The molecule has 0 aromatic heterocycles. The molecule has 0 N–H and O–H groups in total. The van der Waals surface area contributed by atoms with Crippen LogP contribution in [-0.2, 0) is 28.6 Å². The van der Waals surface area contributed by atoms with E-state index in [0.29, 0.717) is 19.3 Å². The molecule has 0 aliphatic heterocycles. The predicted octanol–water partition coefficient (Wildman–Crippen LogP) is 17.8. The van der Waals surface area contributed by atoms with Crippen LogP contribution in [0.4, 0.5) is 0 Å². The minimum atomic E-state index is -0.802. The standard InChI is InChI=1S/C59H98O6/c1-4-7-10-13-16-19-22-24-26-27-28-29-30-31-32-33-34-36-37-40-43-46-49-52-58(61)64-55-56(54-63-57(60)51-48-45-42-39-21-18-15-12-9-6-3)65-59(62)53-50-47-44-41-38-35-25-23-20-17-14-11-8-5-2/h7,10,12,15-16,19,24,26,28-29,31-32,34,36,40,43,56H,4-6,8-9,11,13-14,17-18,20-23,25,27,30,33,35,37-39,41-42,44-55H2,1-3H3/b10-7-,15-12-,19-16-,26-24-,29-28-,32-31-,36-34-,43-40-. The van der Waals surface area contributed by atoms with Crippen LogP contribution in [0.25, 0.3) is 0 Å². The third kappa shape index (κ3) is 51.2. The molecule has 0 aromatic rings. The number of carbonyl (C=O) groups is 3. The summed E-state index contributed by atoms with van der Waals surface area (Å²) in [6.07, 6.45) is 69.7. The summed E-state index contributed by atoms with van der Waals surface area (Å²) in [6.45, 7) is 6.40. The molecule has 0 spiro atoms. The molecular weight excluding hydrogens is 805 g/mol. The molecular formula is C59H98O6. The summed E-state index contributed by atoms with van der Waals surface area (Å²) < 4.78 is 16.7. The van der Waals surface area contributed by atoms with Crippen molar-refractivity contribution in [2.45, 2.75) is 245 Å². The summed E-state index contributed by atoms with van der Waals surface area (Å²) in [7, 11) is 0. The van der Waals surface area contributed by atoms with Crippen molar-refractivity contribution < 1.29 is 28.6 Å². The number of rotatable bonds is 47. The second kappa shape index (κ2) is 52.9. The van der Waals surface area contributed by atoms with E-state index in [-0.39, 0.29) is 37.5 Å². The fourth-order valence-electron chi connectivity index (χ4n) is 7.08. The minimum Gasteiger partial charge on any atom is -0.462 e. The normalized spacial score (nSPS) is 12.8. The molecule has 0 amide bonds. The van der Waals surface area contributed by atoms with Crippen molar-refractivity contribution in [1.29, 1.82) is 0 Å². The van der Waals surface area contributed by atoms with Crippen LogP contribution in [0.1, 0.15) is 239 Å². The maximum absolute atomic E-state index is 12.8. The third-order valence-corrected chi connectivity index (χ3v) is 11.1. The van der Waals surface area contributed by atoms with Gasteiger partial charge >= 0.3 is 17.9 Å². The number of carbonyl (C=O) groups excluding carboxylic acids is 3. The average Bonchev–Trinajstić information content (AvgIpc) is 3.30. The number of hydrogen-bond donors (Lipinski definition) is 0. The van der Waals surface area contributed by atoms with Gasteiger partial charge in [0.1, 0.15) is 13.2 Å². The zero-order valence-electron chi connectivity index (χ0n) is 42.2. The summed E-state index contributed by atoms with van der Waals surface area (Å²) in [5.41, 5.74) is 0. The molecule has 0 aromatic carbocycles. The first-order valence-corrected chi connectivity index (χ1v) is 26.7. The first-order valence-electron chi connectivity index (χ1n) is 26.7. The Morgan fingerprint density at radius 1 is 0.323 bits per heavy atom. The number of esters is 3. The Morgan fingerprint density at radius 2 is 0.646 bits per heavy atom. The van der Waals surface area contributed by atoms with Crippen LogP contribution in [-0.4, -0.2) is 37.2 Å². The Hall–Kier alpha value is -3.67. The average molecular weight is 903 g/mol. The van der Waals surface area contributed by atoms with Gasteiger partial charge in [0.15, 0.2) is 6.10 Å². The van der Waals surface area contributed by atoms with Crippen molar-refractivity contribution in [3.63, 3.8) is 0 Å². The maximum atomic E-state index is 12.8. The van der Waals surface area contributed by atoms with E-state index in [1.165, 1.54) is 83.5 Å². The largest absolute Gasteiger partial charge is 0.462 e. The van der Waals surface area contributed by atoms with Gasteiger partial charge in [-0.1, -0.05) is 227 Å². The molecule has 1 unspecified atom stereocenters. The van der Waals surface area contributed by atoms with E-state index in [9.17, 15) is 14.4 Å². The summed E-state index contributed by atoms with van der Waals surface area (Å²) >= 11 is 0. The number of hydrogen-bond acceptors (Lipinski definition) is 6. The summed E-state index contributed by atoms with van der Waals surface area (Å²) in [4.78, 5) is 37.9. The quantitative estimate of drug-likeness (QED) is 0.0262. The lowest BCUT2D eigenvalue weighted by molar-refractivity contribution is -0.167. The highest BCUT2D eigenvalue weighted by molar-refractivity contribution is 5.71. The molecule has 0 aliphatic rings. The van der Waals surface area contributed by atoms with Crippen LogP contribution >= 0.6 is 0 Å². The summed E-state index contributed by atoms with van der Waals surface area (Å²) in [6, 6.07) is 0. The molecule has 370 valence electrons. The zero-order valence-corrected chi connectivity index (χ0v) is 42.2. The van der Waals surface area contributed by atoms with Gasteiger partial charge in [0.2, 0.25) is 0 Å². The lowest BCUT2D eigenvalue weighted by atomic mass is 10.0. The fraction of sp³-hybridized carbons (Fsp3) is 0.678. The van der Waals surface area contributed by atoms with E-state index in [1.807, 2.05) is 0 Å². The van der Waals surface area contributed by atoms with Crippen LogP contribution in [0.3, 0.4) is 0 Å². The van der Waals surface area contributed by atoms with Gasteiger partial charge in [-0.15, -0.1) is 0 Å². The molecule has 0 bridgehead atoms. The molecule has 0 saturated carbocycles. The van der Waals surface area contributed by atoms with Gasteiger partial charge in [0.25, 0.3) is 0 Å². The summed E-state index contributed by atoms with van der Waals surface area (Å²) in [5, 5.41) is 0. The Balaban J connectivity index is 4.42. The third-order valence-electron chi connectivity index (χ3n) is 11.1. The Morgan fingerprint density at radius 3 is 1.08 bits per heavy atom. The monoisotopic (exact) mass is 903 g/mol. The Labute approximate surface area is 400 Å². The van der Waals surface area contributed by atoms with E-state index in [4.69, 9.17) is 14.2 Å². The lowest BCUT2D eigenvalue weighted by Crippen LogP contribution is -2.30. The van der Waals surface area contributed by atoms with Gasteiger partial charge in [-0.25, -0.2) is 0 Å². The predicted molar refractivity (Wildman–Crippen MR) is 279 cm³/mol. The van der Waals surface area contributed by atoms with E-state index < -0.39 is 6.10 Å². The topological polar surface area (TPSA) is 78.9 Å². The molecule has 0 radical (unpaired) electrons. The van der Waals surface area contributed by atoms with E-state index >= 15 is 0 Å². The zero-order chi connectivity index (χ0) is 47.2. The molecule has 6 heteroatoms. The molecule has 0 saturated heterocycles. The van der Waals surface area contributed by atoms with Gasteiger partial charge in [-0.2, -0.15) is 0 Å². The van der Waals surface area contributed by atoms with Crippen molar-refractivity contribution in [2.24, 2.45) is 0 Å². The number of allylic oxidation sites excluding steroid dienone is 16. The van der Waals surface area contributed by atoms with Crippen molar-refractivity contribution in [2.75, 3.05) is 13.2 Å². The highest BCUT2D eigenvalue weighted by Gasteiger charge is 2.19. The van der Waals surface area contributed by atoms with Gasteiger partial charge < -0.3 is 14.2 Å². The van der Waals surface area contributed by atoms with E-state index in [1.54, 1.807) is 0 Å². The first kappa shape index (κ1) is 61.3. The molecule has 6 nitrogen and oxygen atoms in total. The highest BCUT2D eigenvalue weighted by Crippen LogP contribution is 2.15. The van der Waals surface area contributed by atoms with E-state index in [0.717, 1.165) is 109 Å². The fourth-order valence-corrected chi connectivity index (χ4v) is 7.08. The van der Waals surface area contributed by atoms with Crippen LogP contribution in [0.5, 0.6) is 0 Å². The smallest absolute Gasteiger partial charge is 0.306 e. The molecule has 0 heterocycles. The van der Waals surface area contributed by atoms with Crippen LogP contribution in [0.2, 0.25) is 0 Å². The molecule has 0 fully saturated rings. The highest BCUT2D eigenvalue weighted by atomic mass is 16.6. The number of unbranched alkanes of at least 4 members (excludes halogenated alkanes) is 20. The van der Waals surface area contributed by atoms with Crippen LogP contribution in [0, 0.1) is 0 Å². The molecule has 65 heavy (non-hydrogen) atoms. The lowest BCUT2D eigenvalue weighted by Gasteiger charge is -2.18. The Bertz CT molecular complexity index is 1310. The first-order chi connectivity index (χ1) is 32.0. The van der Waals surface area contributed by atoms with Crippen molar-refractivity contribution >= 4 is 17.9 Å². The SMILES string of the molecule is CC/C=C\C/C=C\C/C=C\C/C=C\C/C=C\C/C=C\C/C=C\CCCC(=O)OCC(COC(=O)CCCCCCC/C=C\CCC)OC(=O)CCCCCCCCCCCCCCCC. The van der Waals surface area contributed by atoms with Crippen molar-refractivity contribution in [3.8, 4) is 0 Å². The van der Waals surface area contributed by atoms with E-state index in [2.05, 4.69) is 118 Å². The van der Waals surface area contributed by atoms with Gasteiger partial charge in [0.05, 0.1) is 0 Å². The van der Waals surface area contributed by atoms with Gasteiger partial charge in [-0.3, -0.25) is 14.4 Å².